The molecule has 0 saturated heterocycles. The third-order valence-corrected chi connectivity index (χ3v) is 3.82. The average molecular weight is 419 g/mol. The van der Waals surface area contributed by atoms with E-state index < -0.39 is 67.4 Å². The Morgan fingerprint density at radius 3 is 2.07 bits per heavy atom. The first-order chi connectivity index (χ1) is 13.6. The number of carboxylic acid groups (broad SMARTS) is 2. The highest BCUT2D eigenvalue weighted by molar-refractivity contribution is 5.92. The van der Waals surface area contributed by atoms with E-state index in [4.69, 9.17) is 21.7 Å². The van der Waals surface area contributed by atoms with E-state index in [1.165, 1.54) is 0 Å². The quantitative estimate of drug-likeness (QED) is 0.122. The van der Waals surface area contributed by atoms with Gasteiger partial charge in [-0.25, -0.2) is 4.79 Å². The van der Waals surface area contributed by atoms with Crippen molar-refractivity contribution >= 4 is 29.7 Å². The first kappa shape index (κ1) is 26.2. The Morgan fingerprint density at radius 1 is 0.897 bits per heavy atom. The van der Waals surface area contributed by atoms with Crippen molar-refractivity contribution in [3.8, 4) is 0 Å². The smallest absolute Gasteiger partial charge is 0.326 e. The lowest BCUT2D eigenvalue weighted by atomic mass is 10.1. The molecule has 0 aliphatic rings. The molecule has 0 heterocycles. The zero-order valence-corrected chi connectivity index (χ0v) is 15.9. The highest BCUT2D eigenvalue weighted by Crippen LogP contribution is 1.99. The highest BCUT2D eigenvalue weighted by atomic mass is 16.4. The maximum Gasteiger partial charge on any atom is 0.326 e. The molecule has 0 aromatic heterocycles. The van der Waals surface area contributed by atoms with E-state index in [1.54, 1.807) is 0 Å². The largest absolute Gasteiger partial charge is 0.481 e. The molecule has 0 rings (SSSR count). The van der Waals surface area contributed by atoms with Gasteiger partial charge < -0.3 is 42.7 Å². The van der Waals surface area contributed by atoms with Crippen molar-refractivity contribution in [3.05, 3.63) is 0 Å². The maximum atomic E-state index is 12.0. The van der Waals surface area contributed by atoms with Gasteiger partial charge in [-0.05, 0) is 25.8 Å². The van der Waals surface area contributed by atoms with Crippen LogP contribution < -0.4 is 27.4 Å². The monoisotopic (exact) mass is 419 g/mol. The molecular formula is C16H29N5O8. The number of amides is 3. The third-order valence-electron chi connectivity index (χ3n) is 3.82. The number of unbranched alkanes of at least 4 members (excludes halogenated alkanes) is 1. The Bertz CT molecular complexity index is 586. The van der Waals surface area contributed by atoms with Crippen LogP contribution in [-0.2, 0) is 24.0 Å². The van der Waals surface area contributed by atoms with Crippen LogP contribution in [0.15, 0.2) is 0 Å². The number of rotatable bonds is 15. The minimum absolute atomic E-state index is 0.332. The molecule has 3 unspecified atom stereocenters. The zero-order valence-electron chi connectivity index (χ0n) is 15.9. The number of aliphatic hydroxyl groups excluding tert-OH is 1. The van der Waals surface area contributed by atoms with Crippen molar-refractivity contribution in [1.29, 1.82) is 0 Å². The van der Waals surface area contributed by atoms with Crippen molar-refractivity contribution in [1.82, 2.24) is 16.0 Å². The van der Waals surface area contributed by atoms with Gasteiger partial charge in [0.25, 0.3) is 0 Å². The molecule has 166 valence electrons. The van der Waals surface area contributed by atoms with Gasteiger partial charge in [-0.15, -0.1) is 0 Å². The number of nitrogens with one attached hydrogen (secondary N) is 3. The van der Waals surface area contributed by atoms with Crippen molar-refractivity contribution in [2.45, 2.75) is 50.2 Å². The molecule has 29 heavy (non-hydrogen) atoms. The molecule has 0 fully saturated rings. The number of hydrogen-bond donors (Lipinski definition) is 8. The molecule has 0 aromatic rings. The minimum atomic E-state index is -1.43. The molecule has 0 radical (unpaired) electrons. The van der Waals surface area contributed by atoms with Gasteiger partial charge in [0.15, 0.2) is 0 Å². The zero-order chi connectivity index (χ0) is 22.4. The second-order valence-electron chi connectivity index (χ2n) is 6.24. The Kier molecular flexibility index (Phi) is 12.9. The molecule has 13 heteroatoms. The SMILES string of the molecule is NCCCCC(N)C(=O)NC(CO)C(=O)NCC(=O)NC(CCC(=O)O)C(=O)O. The number of nitrogens with two attached hydrogens (primary N) is 2. The third kappa shape index (κ3) is 11.6. The molecule has 3 amide bonds. The highest BCUT2D eigenvalue weighted by Gasteiger charge is 2.25. The number of hydrogen-bond acceptors (Lipinski definition) is 8. The predicted molar refractivity (Wildman–Crippen MR) is 99.3 cm³/mol. The summed E-state index contributed by atoms with van der Waals surface area (Å²) in [6.45, 7) is -0.924. The molecule has 0 aliphatic carbocycles. The van der Waals surface area contributed by atoms with Crippen molar-refractivity contribution in [2.24, 2.45) is 11.5 Å². The van der Waals surface area contributed by atoms with E-state index in [0.29, 0.717) is 25.8 Å². The summed E-state index contributed by atoms with van der Waals surface area (Å²) >= 11 is 0. The summed E-state index contributed by atoms with van der Waals surface area (Å²) in [7, 11) is 0. The fourth-order valence-electron chi connectivity index (χ4n) is 2.17. The second-order valence-corrected chi connectivity index (χ2v) is 6.24. The Labute approximate surface area is 167 Å². The lowest BCUT2D eigenvalue weighted by molar-refractivity contribution is -0.143. The van der Waals surface area contributed by atoms with Crippen LogP contribution in [0.4, 0.5) is 0 Å². The van der Waals surface area contributed by atoms with E-state index >= 15 is 0 Å². The summed E-state index contributed by atoms with van der Waals surface area (Å²) in [4.78, 5) is 57.3. The van der Waals surface area contributed by atoms with E-state index in [1.807, 2.05) is 0 Å². The van der Waals surface area contributed by atoms with Gasteiger partial charge in [-0.3, -0.25) is 19.2 Å². The molecule has 0 spiro atoms. The van der Waals surface area contributed by atoms with Crippen LogP contribution in [0, 0.1) is 0 Å². The molecule has 0 saturated carbocycles. The molecule has 3 atom stereocenters. The van der Waals surface area contributed by atoms with Crippen LogP contribution in [0.25, 0.3) is 0 Å². The number of carbonyl (C=O) groups is 5. The van der Waals surface area contributed by atoms with Crippen molar-refractivity contribution in [2.75, 3.05) is 19.7 Å². The summed E-state index contributed by atoms with van der Waals surface area (Å²) in [5.41, 5.74) is 11.0. The number of carboxylic acids is 2. The molecule has 0 bridgehead atoms. The van der Waals surface area contributed by atoms with Gasteiger partial charge in [0.2, 0.25) is 17.7 Å². The van der Waals surface area contributed by atoms with Crippen LogP contribution in [0.1, 0.15) is 32.1 Å². The normalized spacial score (nSPS) is 13.6. The fraction of sp³-hybridized carbons (Fsp3) is 0.688. The van der Waals surface area contributed by atoms with E-state index in [9.17, 15) is 29.1 Å². The van der Waals surface area contributed by atoms with Gasteiger partial charge in [0, 0.05) is 6.42 Å². The number of carbonyl (C=O) groups excluding carboxylic acids is 3. The Hall–Kier alpha value is -2.77. The molecule has 13 nitrogen and oxygen atoms in total. The van der Waals surface area contributed by atoms with Crippen molar-refractivity contribution < 1.29 is 39.3 Å². The average Bonchev–Trinajstić information content (AvgIpc) is 2.66. The summed E-state index contributed by atoms with van der Waals surface area (Å²) in [5, 5.41) is 33.3. The first-order valence-electron chi connectivity index (χ1n) is 9.00. The summed E-state index contributed by atoms with van der Waals surface area (Å²) in [6, 6.07) is -3.68. The molecule has 0 aromatic carbocycles. The molecule has 0 aliphatic heterocycles. The standard InChI is InChI=1S/C16H29N5O8/c17-6-2-1-3-9(18)14(26)21-11(8-22)15(27)19-7-12(23)20-10(16(28)29)4-5-13(24)25/h9-11,22H,1-8,17-18H2,(H,19,27)(H,20,23)(H,21,26)(H,24,25)(H,28,29). The lowest BCUT2D eigenvalue weighted by Gasteiger charge is -2.19. The predicted octanol–water partition coefficient (Wildman–Crippen LogP) is -3.53. The van der Waals surface area contributed by atoms with Crippen molar-refractivity contribution in [3.63, 3.8) is 0 Å². The topological polar surface area (TPSA) is 234 Å². The minimum Gasteiger partial charge on any atom is -0.481 e. The number of aliphatic carboxylic acids is 2. The van der Waals surface area contributed by atoms with Gasteiger partial charge in [0.1, 0.15) is 12.1 Å². The van der Waals surface area contributed by atoms with Crippen LogP contribution in [0.5, 0.6) is 0 Å². The summed E-state index contributed by atoms with van der Waals surface area (Å²) in [5.74, 6) is -5.04. The van der Waals surface area contributed by atoms with E-state index in [-0.39, 0.29) is 6.42 Å². The summed E-state index contributed by atoms with van der Waals surface area (Å²) in [6.07, 6.45) is 0.852. The molecule has 10 N–H and O–H groups in total. The number of aliphatic hydroxyl groups is 1. The summed E-state index contributed by atoms with van der Waals surface area (Å²) < 4.78 is 0. The Morgan fingerprint density at radius 2 is 1.55 bits per heavy atom. The fourth-order valence-corrected chi connectivity index (χ4v) is 2.17. The van der Waals surface area contributed by atoms with E-state index in [2.05, 4.69) is 16.0 Å². The Balaban J connectivity index is 4.51. The van der Waals surface area contributed by atoms with Crippen LogP contribution in [0.2, 0.25) is 0 Å². The van der Waals surface area contributed by atoms with Crippen LogP contribution in [-0.4, -0.2) is 82.8 Å². The lowest BCUT2D eigenvalue weighted by Crippen LogP contribution is -2.54. The van der Waals surface area contributed by atoms with E-state index in [0.717, 1.165) is 0 Å². The second kappa shape index (κ2) is 14.3. The van der Waals surface area contributed by atoms with Gasteiger partial charge >= 0.3 is 11.9 Å². The van der Waals surface area contributed by atoms with Crippen LogP contribution in [0.3, 0.4) is 0 Å². The maximum absolute atomic E-state index is 12.0. The molecular weight excluding hydrogens is 390 g/mol. The van der Waals surface area contributed by atoms with Gasteiger partial charge in [-0.1, -0.05) is 6.42 Å². The van der Waals surface area contributed by atoms with Gasteiger partial charge in [0.05, 0.1) is 19.2 Å². The first-order valence-corrected chi connectivity index (χ1v) is 9.00. The van der Waals surface area contributed by atoms with Crippen LogP contribution >= 0.6 is 0 Å². The van der Waals surface area contributed by atoms with Gasteiger partial charge in [-0.2, -0.15) is 0 Å².